The van der Waals surface area contributed by atoms with E-state index in [1.54, 1.807) is 18.2 Å². The fourth-order valence-electron chi connectivity index (χ4n) is 1.63. The number of rotatable bonds is 2. The van der Waals surface area contributed by atoms with Crippen molar-refractivity contribution >= 4 is 34.8 Å². The Morgan fingerprint density at radius 3 is 2.29 bits per heavy atom. The number of carbonyl (C=O) groups excluding carboxylic acids is 1. The Kier molecular flexibility index (Phi) is 4.44. The van der Waals surface area contributed by atoms with Crippen LogP contribution >= 0.6 is 23.2 Å². The Morgan fingerprint density at radius 2 is 1.67 bits per heavy atom. The summed E-state index contributed by atoms with van der Waals surface area (Å²) in [6.07, 6.45) is -4.55. The molecule has 0 aliphatic heterocycles. The minimum atomic E-state index is -4.55. The van der Waals surface area contributed by atoms with Gasteiger partial charge >= 0.3 is 6.18 Å². The molecule has 0 spiro atoms. The van der Waals surface area contributed by atoms with Gasteiger partial charge < -0.3 is 5.32 Å². The van der Waals surface area contributed by atoms with Crippen LogP contribution in [0.5, 0.6) is 0 Å². The molecule has 0 heterocycles. The number of benzene rings is 2. The highest BCUT2D eigenvalue weighted by Gasteiger charge is 2.31. The molecular weight excluding hydrogens is 326 g/mol. The Labute approximate surface area is 128 Å². The van der Waals surface area contributed by atoms with Crippen LogP contribution in [0.1, 0.15) is 15.9 Å². The summed E-state index contributed by atoms with van der Waals surface area (Å²) in [6, 6.07) is 8.92. The zero-order valence-corrected chi connectivity index (χ0v) is 11.9. The van der Waals surface area contributed by atoms with Crippen molar-refractivity contribution in [1.29, 1.82) is 0 Å². The molecule has 1 amide bonds. The van der Waals surface area contributed by atoms with Gasteiger partial charge in [-0.1, -0.05) is 35.3 Å². The van der Waals surface area contributed by atoms with E-state index in [0.717, 1.165) is 12.1 Å². The van der Waals surface area contributed by atoms with Crippen LogP contribution in [0, 0.1) is 0 Å². The monoisotopic (exact) mass is 333 g/mol. The second kappa shape index (κ2) is 5.95. The van der Waals surface area contributed by atoms with Crippen LogP contribution in [0.25, 0.3) is 0 Å². The van der Waals surface area contributed by atoms with E-state index >= 15 is 0 Å². The fraction of sp³-hybridized carbons (Fsp3) is 0.0714. The molecule has 7 heteroatoms. The van der Waals surface area contributed by atoms with Gasteiger partial charge in [-0.05, 0) is 30.3 Å². The lowest BCUT2D eigenvalue weighted by molar-refractivity contribution is -0.137. The van der Waals surface area contributed by atoms with E-state index in [-0.39, 0.29) is 21.3 Å². The number of para-hydroxylation sites is 1. The maximum absolute atomic E-state index is 12.7. The maximum atomic E-state index is 12.7. The lowest BCUT2D eigenvalue weighted by atomic mass is 10.1. The third-order valence-corrected chi connectivity index (χ3v) is 3.32. The van der Waals surface area contributed by atoms with Crippen LogP contribution in [0.15, 0.2) is 42.5 Å². The number of halogens is 5. The maximum Gasteiger partial charge on any atom is 0.416 e. The SMILES string of the molecule is O=C(Nc1ccccc1Cl)c1cc(C(F)(F)F)ccc1Cl. The molecule has 2 aromatic carbocycles. The predicted octanol–water partition coefficient (Wildman–Crippen LogP) is 5.26. The van der Waals surface area contributed by atoms with Gasteiger partial charge in [0, 0.05) is 0 Å². The Hall–Kier alpha value is -1.72. The number of amides is 1. The smallest absolute Gasteiger partial charge is 0.321 e. The van der Waals surface area contributed by atoms with E-state index in [1.807, 2.05) is 0 Å². The third-order valence-electron chi connectivity index (χ3n) is 2.66. The molecule has 2 rings (SSSR count). The summed E-state index contributed by atoms with van der Waals surface area (Å²) in [5.74, 6) is -0.765. The predicted molar refractivity (Wildman–Crippen MR) is 75.9 cm³/mol. The van der Waals surface area contributed by atoms with Crippen molar-refractivity contribution in [3.8, 4) is 0 Å². The Balaban J connectivity index is 2.33. The number of alkyl halides is 3. The van der Waals surface area contributed by atoms with Gasteiger partial charge in [-0.2, -0.15) is 13.2 Å². The lowest BCUT2D eigenvalue weighted by Crippen LogP contribution is -2.14. The van der Waals surface area contributed by atoms with Gasteiger partial charge in [0.05, 0.1) is 26.9 Å². The van der Waals surface area contributed by atoms with Gasteiger partial charge in [-0.3, -0.25) is 4.79 Å². The topological polar surface area (TPSA) is 29.1 Å². The number of nitrogens with one attached hydrogen (secondary N) is 1. The second-order valence-electron chi connectivity index (χ2n) is 4.13. The van der Waals surface area contributed by atoms with E-state index in [4.69, 9.17) is 23.2 Å². The molecule has 21 heavy (non-hydrogen) atoms. The van der Waals surface area contributed by atoms with Crippen LogP contribution in [-0.2, 0) is 6.18 Å². The first-order valence-corrected chi connectivity index (χ1v) is 6.47. The standard InChI is InChI=1S/C14H8Cl2F3NO/c15-10-6-5-8(14(17,18)19)7-9(10)13(21)20-12-4-2-1-3-11(12)16/h1-7H,(H,20,21). The van der Waals surface area contributed by atoms with E-state index < -0.39 is 17.6 Å². The molecule has 110 valence electrons. The van der Waals surface area contributed by atoms with Crippen LogP contribution in [0.3, 0.4) is 0 Å². The molecule has 0 bridgehead atoms. The molecule has 0 radical (unpaired) electrons. The molecule has 2 nitrogen and oxygen atoms in total. The van der Waals surface area contributed by atoms with Gasteiger partial charge in [0.25, 0.3) is 5.91 Å². The lowest BCUT2D eigenvalue weighted by Gasteiger charge is -2.11. The highest BCUT2D eigenvalue weighted by atomic mass is 35.5. The van der Waals surface area contributed by atoms with E-state index in [1.165, 1.54) is 6.07 Å². The van der Waals surface area contributed by atoms with Gasteiger partial charge in [0.15, 0.2) is 0 Å². The number of hydrogen-bond donors (Lipinski definition) is 1. The quantitative estimate of drug-likeness (QED) is 0.797. The Bertz CT molecular complexity index is 686. The largest absolute Gasteiger partial charge is 0.416 e. The van der Waals surface area contributed by atoms with E-state index in [0.29, 0.717) is 6.07 Å². The fourth-order valence-corrected chi connectivity index (χ4v) is 2.01. The summed E-state index contributed by atoms with van der Waals surface area (Å²) in [4.78, 5) is 12.0. The van der Waals surface area contributed by atoms with E-state index in [9.17, 15) is 18.0 Å². The van der Waals surface area contributed by atoms with Crippen LogP contribution in [-0.4, -0.2) is 5.91 Å². The minimum absolute atomic E-state index is 0.0763. The van der Waals surface area contributed by atoms with Gasteiger partial charge in [0.2, 0.25) is 0 Å². The average molecular weight is 334 g/mol. The molecule has 0 atom stereocenters. The zero-order chi connectivity index (χ0) is 15.6. The first kappa shape index (κ1) is 15.7. The second-order valence-corrected chi connectivity index (χ2v) is 4.94. The Morgan fingerprint density at radius 1 is 1.00 bits per heavy atom. The summed E-state index contributed by atoms with van der Waals surface area (Å²) in [5, 5.41) is 2.62. The van der Waals surface area contributed by atoms with E-state index in [2.05, 4.69) is 5.32 Å². The number of hydrogen-bond acceptors (Lipinski definition) is 1. The van der Waals surface area contributed by atoms with Crippen LogP contribution in [0.4, 0.5) is 18.9 Å². The van der Waals surface area contributed by atoms with Crippen molar-refractivity contribution < 1.29 is 18.0 Å². The molecular formula is C14H8Cl2F3NO. The molecule has 2 aromatic rings. The van der Waals surface area contributed by atoms with Crippen molar-refractivity contribution in [3.63, 3.8) is 0 Å². The summed E-state index contributed by atoms with van der Waals surface area (Å²) in [5.41, 5.74) is -0.930. The molecule has 0 saturated carbocycles. The van der Waals surface area contributed by atoms with Gasteiger partial charge in [-0.15, -0.1) is 0 Å². The third kappa shape index (κ3) is 3.68. The number of anilines is 1. The van der Waals surface area contributed by atoms with Crippen molar-refractivity contribution in [2.75, 3.05) is 5.32 Å². The summed E-state index contributed by atoms with van der Waals surface area (Å²) < 4.78 is 38.0. The van der Waals surface area contributed by atoms with Gasteiger partial charge in [-0.25, -0.2) is 0 Å². The molecule has 0 aliphatic rings. The van der Waals surface area contributed by atoms with Crippen LogP contribution < -0.4 is 5.32 Å². The molecule has 0 fully saturated rings. The highest BCUT2D eigenvalue weighted by Crippen LogP contribution is 2.32. The molecule has 1 N–H and O–H groups in total. The summed E-state index contributed by atoms with van der Waals surface area (Å²) in [6.45, 7) is 0. The van der Waals surface area contributed by atoms with Crippen molar-refractivity contribution in [2.45, 2.75) is 6.18 Å². The van der Waals surface area contributed by atoms with Crippen molar-refractivity contribution in [1.82, 2.24) is 0 Å². The normalized spacial score (nSPS) is 11.3. The van der Waals surface area contributed by atoms with Crippen LogP contribution in [0.2, 0.25) is 10.0 Å². The minimum Gasteiger partial charge on any atom is -0.321 e. The highest BCUT2D eigenvalue weighted by molar-refractivity contribution is 6.36. The first-order chi connectivity index (χ1) is 9.79. The molecule has 0 aromatic heterocycles. The van der Waals surface area contributed by atoms with Crippen molar-refractivity contribution in [3.05, 3.63) is 63.6 Å². The summed E-state index contributed by atoms with van der Waals surface area (Å²) >= 11 is 11.7. The molecule has 0 saturated heterocycles. The molecule has 0 unspecified atom stereocenters. The van der Waals surface area contributed by atoms with Gasteiger partial charge in [0.1, 0.15) is 0 Å². The van der Waals surface area contributed by atoms with Crippen molar-refractivity contribution in [2.24, 2.45) is 0 Å². The first-order valence-electron chi connectivity index (χ1n) is 5.71. The summed E-state index contributed by atoms with van der Waals surface area (Å²) in [7, 11) is 0. The zero-order valence-electron chi connectivity index (χ0n) is 10.3. The number of carbonyl (C=O) groups is 1. The molecule has 0 aliphatic carbocycles. The average Bonchev–Trinajstić information content (AvgIpc) is 2.40.